The number of hydrogen-bond donors (Lipinski definition) is 1. The maximum absolute atomic E-state index is 12.3. The number of carbonyl (C=O) groups is 2. The summed E-state index contributed by atoms with van der Waals surface area (Å²) in [5.74, 6) is -0.584. The third-order valence-electron chi connectivity index (χ3n) is 13.0. The van der Waals surface area contributed by atoms with Crippen molar-refractivity contribution in [1.82, 2.24) is 0 Å². The third-order valence-corrected chi connectivity index (χ3v) is 13.0. The molecule has 0 bridgehead atoms. The molecule has 5 heteroatoms. The van der Waals surface area contributed by atoms with Gasteiger partial charge in [-0.3, -0.25) is 9.59 Å². The molecule has 0 aliphatic heterocycles. The van der Waals surface area contributed by atoms with Crippen LogP contribution in [-0.4, -0.2) is 36.4 Å². The average Bonchev–Trinajstić information content (AvgIpc) is 3.35. The Morgan fingerprint density at radius 3 is 0.942 bits per heavy atom. The van der Waals surface area contributed by atoms with E-state index in [1.54, 1.807) is 0 Å². The number of esters is 2. The molecule has 0 saturated carbocycles. The zero-order valence-electron chi connectivity index (χ0n) is 45.6. The largest absolute Gasteiger partial charge is 0.462 e. The highest BCUT2D eigenvalue weighted by Crippen LogP contribution is 2.17. The van der Waals surface area contributed by atoms with Gasteiger partial charge < -0.3 is 14.6 Å². The van der Waals surface area contributed by atoms with Crippen LogP contribution in [0.2, 0.25) is 0 Å². The van der Waals surface area contributed by atoms with Gasteiger partial charge in [-0.1, -0.05) is 292 Å². The van der Waals surface area contributed by atoms with E-state index in [1.807, 2.05) is 0 Å². The summed E-state index contributed by atoms with van der Waals surface area (Å²) in [6.07, 6.45) is 82.8. The Morgan fingerprint density at radius 1 is 0.348 bits per heavy atom. The van der Waals surface area contributed by atoms with Crippen molar-refractivity contribution >= 4 is 11.9 Å². The van der Waals surface area contributed by atoms with Crippen LogP contribution in [0.1, 0.15) is 290 Å². The molecule has 0 fully saturated rings. The van der Waals surface area contributed by atoms with Crippen LogP contribution in [0.5, 0.6) is 0 Å². The number of carbonyl (C=O) groups excluding carboxylic acids is 2. The zero-order valence-corrected chi connectivity index (χ0v) is 45.6. The second kappa shape index (κ2) is 59.4. The van der Waals surface area contributed by atoms with Gasteiger partial charge in [-0.2, -0.15) is 0 Å². The summed E-state index contributed by atoms with van der Waals surface area (Å²) in [5, 5.41) is 9.66. The molecular formula is C64H112O5. The lowest BCUT2D eigenvalue weighted by Crippen LogP contribution is -2.28. The average molecular weight is 962 g/mol. The molecule has 5 nitrogen and oxygen atoms in total. The Morgan fingerprint density at radius 2 is 0.623 bits per heavy atom. The first-order valence-electron chi connectivity index (χ1n) is 29.6. The molecule has 0 aliphatic rings. The fraction of sp³-hybridized carbons (Fsp3) is 0.750. The number of allylic oxidation sites excluding steroid dienone is 14. The highest BCUT2D eigenvalue weighted by molar-refractivity contribution is 5.70. The first-order chi connectivity index (χ1) is 34.1. The minimum absolute atomic E-state index is 0.0663. The molecule has 69 heavy (non-hydrogen) atoms. The molecule has 1 unspecified atom stereocenters. The summed E-state index contributed by atoms with van der Waals surface area (Å²) in [4.78, 5) is 24.5. The molecule has 1 N–H and O–H groups in total. The molecule has 0 heterocycles. The number of ether oxygens (including phenoxy) is 2. The van der Waals surface area contributed by atoms with Crippen molar-refractivity contribution in [2.45, 2.75) is 296 Å². The molecule has 0 saturated heterocycles. The van der Waals surface area contributed by atoms with E-state index in [-0.39, 0.29) is 25.2 Å². The Balaban J connectivity index is 3.50. The lowest BCUT2D eigenvalue weighted by molar-refractivity contribution is -0.161. The van der Waals surface area contributed by atoms with E-state index in [1.165, 1.54) is 180 Å². The van der Waals surface area contributed by atoms with Gasteiger partial charge in [0.2, 0.25) is 0 Å². The van der Waals surface area contributed by atoms with Crippen LogP contribution >= 0.6 is 0 Å². The van der Waals surface area contributed by atoms with Gasteiger partial charge >= 0.3 is 11.9 Å². The van der Waals surface area contributed by atoms with Gasteiger partial charge in [0.1, 0.15) is 6.61 Å². The van der Waals surface area contributed by atoms with E-state index in [2.05, 4.69) is 98.9 Å². The summed E-state index contributed by atoms with van der Waals surface area (Å²) < 4.78 is 10.7. The summed E-state index contributed by atoms with van der Waals surface area (Å²) in [6.45, 7) is 4.06. The monoisotopic (exact) mass is 961 g/mol. The lowest BCUT2D eigenvalue weighted by atomic mass is 10.0. The van der Waals surface area contributed by atoms with E-state index in [9.17, 15) is 14.7 Å². The van der Waals surface area contributed by atoms with Crippen molar-refractivity contribution in [3.63, 3.8) is 0 Å². The van der Waals surface area contributed by atoms with Crippen molar-refractivity contribution in [3.05, 3.63) is 85.1 Å². The number of hydrogen-bond acceptors (Lipinski definition) is 5. The first kappa shape index (κ1) is 66.1. The Labute approximate surface area is 428 Å². The van der Waals surface area contributed by atoms with Crippen LogP contribution in [-0.2, 0) is 19.1 Å². The van der Waals surface area contributed by atoms with Gasteiger partial charge in [0.15, 0.2) is 6.10 Å². The van der Waals surface area contributed by atoms with Gasteiger partial charge in [0, 0.05) is 12.8 Å². The van der Waals surface area contributed by atoms with Crippen molar-refractivity contribution < 1.29 is 24.2 Å². The summed E-state index contributed by atoms with van der Waals surface area (Å²) >= 11 is 0. The van der Waals surface area contributed by atoms with Crippen LogP contribution in [0.4, 0.5) is 0 Å². The molecule has 0 aromatic rings. The highest BCUT2D eigenvalue weighted by Gasteiger charge is 2.16. The predicted molar refractivity (Wildman–Crippen MR) is 302 cm³/mol. The Bertz CT molecular complexity index is 1270. The molecular weight excluding hydrogens is 849 g/mol. The Kier molecular flexibility index (Phi) is 56.9. The summed E-state index contributed by atoms with van der Waals surface area (Å²) in [5.41, 5.74) is 0. The highest BCUT2D eigenvalue weighted by atomic mass is 16.6. The van der Waals surface area contributed by atoms with Crippen molar-refractivity contribution in [2.24, 2.45) is 0 Å². The van der Waals surface area contributed by atoms with E-state index < -0.39 is 6.10 Å². The molecule has 0 amide bonds. The Hall–Kier alpha value is -2.92. The molecule has 0 radical (unpaired) electrons. The zero-order chi connectivity index (χ0) is 49.9. The topological polar surface area (TPSA) is 72.8 Å². The second-order valence-corrected chi connectivity index (χ2v) is 19.7. The fourth-order valence-corrected chi connectivity index (χ4v) is 8.54. The third kappa shape index (κ3) is 57.5. The van der Waals surface area contributed by atoms with Gasteiger partial charge in [-0.25, -0.2) is 0 Å². The first-order valence-corrected chi connectivity index (χ1v) is 29.6. The number of rotatable bonds is 54. The predicted octanol–water partition coefficient (Wildman–Crippen LogP) is 20.1. The maximum Gasteiger partial charge on any atom is 0.306 e. The van der Waals surface area contributed by atoms with Gasteiger partial charge in [-0.15, -0.1) is 0 Å². The number of aliphatic hydroxyl groups excluding tert-OH is 1. The minimum atomic E-state index is -0.776. The molecule has 0 aromatic heterocycles. The number of aliphatic hydroxyl groups is 1. The van der Waals surface area contributed by atoms with Crippen molar-refractivity contribution in [2.75, 3.05) is 13.2 Å². The SMILES string of the molecule is CC/C=C\C/C=C\C/C=C\C/C=C\C/C=C\C/C=C\C/C=C\CCCCCCCCCCCCCC(=O)OC(CO)COC(=O)CCCCCCCCCCCCCCCCCCCCCCCC. The summed E-state index contributed by atoms with van der Waals surface area (Å²) in [7, 11) is 0. The fourth-order valence-electron chi connectivity index (χ4n) is 8.54. The van der Waals surface area contributed by atoms with E-state index >= 15 is 0 Å². The van der Waals surface area contributed by atoms with Crippen LogP contribution < -0.4 is 0 Å². The second-order valence-electron chi connectivity index (χ2n) is 19.7. The van der Waals surface area contributed by atoms with Crippen LogP contribution in [0.15, 0.2) is 85.1 Å². The lowest BCUT2D eigenvalue weighted by Gasteiger charge is -2.15. The van der Waals surface area contributed by atoms with E-state index in [4.69, 9.17) is 9.47 Å². The van der Waals surface area contributed by atoms with Gasteiger partial charge in [0.05, 0.1) is 6.61 Å². The minimum Gasteiger partial charge on any atom is -0.462 e. The van der Waals surface area contributed by atoms with Gasteiger partial charge in [-0.05, 0) is 70.6 Å². The molecule has 0 rings (SSSR count). The molecule has 0 aliphatic carbocycles. The van der Waals surface area contributed by atoms with E-state index in [0.717, 1.165) is 83.5 Å². The van der Waals surface area contributed by atoms with Crippen LogP contribution in [0.3, 0.4) is 0 Å². The standard InChI is InChI=1S/C64H112O5/c1-3-5-7-9-11-13-15-17-19-21-23-25-27-28-29-30-31-32-33-34-35-36-37-39-41-43-45-47-49-51-53-55-57-59-64(67)69-62(60-65)61-68-63(66)58-56-54-52-50-48-46-44-42-40-38-26-24-22-20-18-16-14-12-10-8-6-4-2/h5,7,11,13,17,19,23,25,28-29,31-32,34-35,62,65H,3-4,6,8-10,12,14-16,18,20-22,24,26-27,30,33,36-61H2,1-2H3/b7-5-,13-11-,19-17-,25-23-,29-28-,32-31-,35-34-. The van der Waals surface area contributed by atoms with E-state index in [0.29, 0.717) is 12.8 Å². The van der Waals surface area contributed by atoms with Crippen molar-refractivity contribution in [3.8, 4) is 0 Å². The summed E-state index contributed by atoms with van der Waals surface area (Å²) in [6, 6.07) is 0. The number of unbranched alkanes of at least 4 members (excludes halogenated alkanes) is 32. The normalized spacial score (nSPS) is 12.8. The molecule has 0 aromatic carbocycles. The molecule has 0 spiro atoms. The van der Waals surface area contributed by atoms with Crippen LogP contribution in [0.25, 0.3) is 0 Å². The van der Waals surface area contributed by atoms with Gasteiger partial charge in [0.25, 0.3) is 0 Å². The molecule has 1 atom stereocenters. The maximum atomic E-state index is 12.3. The van der Waals surface area contributed by atoms with Crippen LogP contribution in [0, 0.1) is 0 Å². The quantitative estimate of drug-likeness (QED) is 0.0374. The smallest absolute Gasteiger partial charge is 0.306 e. The molecule has 398 valence electrons. The van der Waals surface area contributed by atoms with Crippen molar-refractivity contribution in [1.29, 1.82) is 0 Å².